The van der Waals surface area contributed by atoms with Gasteiger partial charge >= 0.3 is 5.97 Å². The number of thioether (sulfide) groups is 1. The van der Waals surface area contributed by atoms with Gasteiger partial charge in [0.05, 0.1) is 23.1 Å². The lowest BCUT2D eigenvalue weighted by Crippen LogP contribution is -2.31. The van der Waals surface area contributed by atoms with E-state index >= 15 is 0 Å². The molecule has 1 atom stereocenters. The van der Waals surface area contributed by atoms with E-state index in [0.29, 0.717) is 27.4 Å². The van der Waals surface area contributed by atoms with Crippen molar-refractivity contribution in [2.45, 2.75) is 37.0 Å². The van der Waals surface area contributed by atoms with Crippen LogP contribution in [0.5, 0.6) is 0 Å². The molecule has 0 spiro atoms. The number of ether oxygens (including phenoxy) is 1. The second-order valence-electron chi connectivity index (χ2n) is 12.5. The van der Waals surface area contributed by atoms with Crippen LogP contribution in [0.15, 0.2) is 132 Å². The Labute approximate surface area is 315 Å². The highest BCUT2D eigenvalue weighted by Gasteiger charge is 2.40. The van der Waals surface area contributed by atoms with Crippen LogP contribution >= 0.6 is 11.8 Å². The first-order valence-electron chi connectivity index (χ1n) is 17.5. The number of nitrogens with zero attached hydrogens (tertiary/aromatic N) is 2. The highest BCUT2D eigenvalue weighted by atomic mass is 32.2. The number of hydrogen-bond acceptors (Lipinski definition) is 7. The summed E-state index contributed by atoms with van der Waals surface area (Å²) in [6, 6.07) is 35.9. The Morgan fingerprint density at radius 1 is 0.796 bits per heavy atom. The van der Waals surface area contributed by atoms with Crippen molar-refractivity contribution in [1.82, 2.24) is 9.88 Å². The topological polar surface area (TPSA) is 127 Å². The number of carbonyl (C=O) groups excluding carboxylic acids is 5. The smallest absolute Gasteiger partial charge is 0.338 e. The summed E-state index contributed by atoms with van der Waals surface area (Å²) in [7, 11) is 0. The third-order valence-electron chi connectivity index (χ3n) is 9.07. The molecule has 11 heteroatoms. The third-order valence-corrected chi connectivity index (χ3v) is 10.2. The van der Waals surface area contributed by atoms with Gasteiger partial charge in [-0.05, 0) is 92.2 Å². The van der Waals surface area contributed by atoms with Gasteiger partial charge in [0.25, 0.3) is 11.8 Å². The molecule has 0 aliphatic carbocycles. The molecule has 1 aliphatic rings. The minimum atomic E-state index is -0.692. The van der Waals surface area contributed by atoms with Gasteiger partial charge in [-0.2, -0.15) is 0 Å². The predicted octanol–water partition coefficient (Wildman–Crippen LogP) is 7.82. The van der Waals surface area contributed by atoms with Crippen molar-refractivity contribution >= 4 is 80.6 Å². The lowest BCUT2D eigenvalue weighted by Gasteiger charge is -2.16. The summed E-state index contributed by atoms with van der Waals surface area (Å²) in [5.74, 6) is -2.19. The van der Waals surface area contributed by atoms with Gasteiger partial charge in [0, 0.05) is 50.9 Å². The van der Waals surface area contributed by atoms with Crippen molar-refractivity contribution in [3.05, 3.63) is 144 Å². The molecule has 0 saturated carbocycles. The number of anilines is 2. The van der Waals surface area contributed by atoms with E-state index < -0.39 is 23.0 Å². The quantitative estimate of drug-likeness (QED) is 0.0789. The van der Waals surface area contributed by atoms with Crippen molar-refractivity contribution < 1.29 is 28.7 Å². The summed E-state index contributed by atoms with van der Waals surface area (Å²) in [6.07, 6.45) is 1.64. The molecule has 4 amide bonds. The fourth-order valence-electron chi connectivity index (χ4n) is 6.54. The highest BCUT2D eigenvalue weighted by Crippen LogP contribution is 2.35. The van der Waals surface area contributed by atoms with Gasteiger partial charge in [-0.1, -0.05) is 54.6 Å². The molecule has 0 unspecified atom stereocenters. The molecule has 270 valence electrons. The van der Waals surface area contributed by atoms with Crippen LogP contribution in [-0.2, 0) is 25.7 Å². The van der Waals surface area contributed by atoms with E-state index in [4.69, 9.17) is 4.74 Å². The number of imide groups is 1. The van der Waals surface area contributed by atoms with Crippen LogP contribution in [-0.4, -0.2) is 46.0 Å². The fourth-order valence-corrected chi connectivity index (χ4v) is 7.66. The number of aromatic nitrogens is 1. The van der Waals surface area contributed by atoms with E-state index in [-0.39, 0.29) is 30.5 Å². The normalized spacial score (nSPS) is 14.4. The molecule has 6 aromatic rings. The van der Waals surface area contributed by atoms with Gasteiger partial charge < -0.3 is 19.9 Å². The molecule has 1 saturated heterocycles. The molecular weight excluding hydrogens is 701 g/mol. The molecule has 0 bridgehead atoms. The SMILES string of the molecule is CCOC(=O)c1ccc(N2C(=O)C[C@H](Sc3cccc(NC(=O)/C(=C/c4ccc5c6ccccc6n(CC)c5c4)NC(=O)c4ccccc4)c3)C2=O)cc1. The number of carbonyl (C=O) groups is 5. The monoisotopic (exact) mass is 736 g/mol. The van der Waals surface area contributed by atoms with Gasteiger partial charge in [-0.3, -0.25) is 19.2 Å². The van der Waals surface area contributed by atoms with Crippen LogP contribution in [0.4, 0.5) is 11.4 Å². The lowest BCUT2D eigenvalue weighted by atomic mass is 10.1. The van der Waals surface area contributed by atoms with Gasteiger partial charge in [-0.25, -0.2) is 9.69 Å². The van der Waals surface area contributed by atoms with Crippen molar-refractivity contribution in [2.75, 3.05) is 16.8 Å². The molecule has 1 aromatic heterocycles. The maximum Gasteiger partial charge on any atom is 0.338 e. The van der Waals surface area contributed by atoms with E-state index in [0.717, 1.165) is 38.8 Å². The lowest BCUT2D eigenvalue weighted by molar-refractivity contribution is -0.121. The number of nitrogens with one attached hydrogen (secondary N) is 2. The Morgan fingerprint density at radius 3 is 2.30 bits per heavy atom. The maximum absolute atomic E-state index is 13.9. The summed E-state index contributed by atoms with van der Waals surface area (Å²) in [4.78, 5) is 67.5. The van der Waals surface area contributed by atoms with Crippen molar-refractivity contribution in [3.63, 3.8) is 0 Å². The average molecular weight is 737 g/mol. The Morgan fingerprint density at radius 2 is 1.54 bits per heavy atom. The Hall–Kier alpha value is -6.46. The molecule has 2 N–H and O–H groups in total. The molecule has 7 rings (SSSR count). The van der Waals surface area contributed by atoms with Gasteiger partial charge in [0.15, 0.2) is 0 Å². The molecule has 1 aliphatic heterocycles. The van der Waals surface area contributed by atoms with Gasteiger partial charge in [-0.15, -0.1) is 11.8 Å². The largest absolute Gasteiger partial charge is 0.462 e. The Bertz CT molecular complexity index is 2460. The number of rotatable bonds is 11. The molecular formula is C43H36N4O6S. The summed E-state index contributed by atoms with van der Waals surface area (Å²) in [6.45, 7) is 4.79. The zero-order chi connectivity index (χ0) is 37.8. The third kappa shape index (κ3) is 7.39. The van der Waals surface area contributed by atoms with Crippen molar-refractivity contribution in [1.29, 1.82) is 0 Å². The molecule has 54 heavy (non-hydrogen) atoms. The molecule has 0 radical (unpaired) electrons. The first kappa shape index (κ1) is 35.9. The van der Waals surface area contributed by atoms with E-state index in [1.165, 1.54) is 23.9 Å². The minimum absolute atomic E-state index is 0.0144. The number of amides is 4. The van der Waals surface area contributed by atoms with E-state index in [9.17, 15) is 24.0 Å². The van der Waals surface area contributed by atoms with E-state index in [1.807, 2.05) is 36.4 Å². The van der Waals surface area contributed by atoms with Crippen LogP contribution in [0, 0.1) is 0 Å². The van der Waals surface area contributed by atoms with Crippen molar-refractivity contribution in [3.8, 4) is 0 Å². The summed E-state index contributed by atoms with van der Waals surface area (Å²) in [5.41, 5.74) is 4.43. The van der Waals surface area contributed by atoms with Gasteiger partial charge in [0.1, 0.15) is 5.70 Å². The minimum Gasteiger partial charge on any atom is -0.462 e. The molecule has 5 aromatic carbocycles. The second-order valence-corrected chi connectivity index (χ2v) is 13.8. The fraction of sp³-hybridized carbons (Fsp3) is 0.140. The van der Waals surface area contributed by atoms with Crippen LogP contribution < -0.4 is 15.5 Å². The maximum atomic E-state index is 13.9. The summed E-state index contributed by atoms with van der Waals surface area (Å²) >= 11 is 1.22. The van der Waals surface area contributed by atoms with Crippen molar-refractivity contribution in [2.24, 2.45) is 0 Å². The first-order valence-corrected chi connectivity index (χ1v) is 18.4. The number of aryl methyl sites for hydroxylation is 1. The number of hydrogen-bond donors (Lipinski definition) is 2. The number of esters is 1. The standard InChI is InChI=1S/C43H36N4O6S/c1-3-46-36-16-9-8-15-33(36)34-22-17-27(24-37(34)46)23-35(45-40(49)28-11-6-5-7-12-28)41(50)44-30-13-10-14-32(25-30)54-38-26-39(48)47(42(38)51)31-20-18-29(19-21-31)43(52)53-4-2/h5-25,38H,3-4,26H2,1-2H3,(H,44,50)(H,45,49)/b35-23-/t38-/m0/s1. The Kier molecular flexibility index (Phi) is 10.4. The molecule has 1 fully saturated rings. The number of fused-ring (bicyclic) bond motifs is 3. The number of benzene rings is 5. The van der Waals surface area contributed by atoms with Crippen LogP contribution in [0.2, 0.25) is 0 Å². The van der Waals surface area contributed by atoms with E-state index in [2.05, 4.69) is 34.3 Å². The van der Waals surface area contributed by atoms with E-state index in [1.54, 1.807) is 73.7 Å². The Balaban J connectivity index is 1.12. The predicted molar refractivity (Wildman–Crippen MR) is 211 cm³/mol. The molecule has 10 nitrogen and oxygen atoms in total. The summed E-state index contributed by atoms with van der Waals surface area (Å²) in [5, 5.41) is 7.25. The zero-order valence-electron chi connectivity index (χ0n) is 29.6. The molecule has 2 heterocycles. The second kappa shape index (κ2) is 15.6. The summed E-state index contributed by atoms with van der Waals surface area (Å²) < 4.78 is 7.24. The van der Waals surface area contributed by atoms with Crippen LogP contribution in [0.1, 0.15) is 46.5 Å². The van der Waals surface area contributed by atoms with Crippen LogP contribution in [0.25, 0.3) is 27.9 Å². The highest BCUT2D eigenvalue weighted by molar-refractivity contribution is 8.00. The van der Waals surface area contributed by atoms with Gasteiger partial charge in [0.2, 0.25) is 11.8 Å². The zero-order valence-corrected chi connectivity index (χ0v) is 30.4. The first-order chi connectivity index (χ1) is 26.2. The number of para-hydroxylation sites is 1. The average Bonchev–Trinajstić information content (AvgIpc) is 3.66. The van der Waals surface area contributed by atoms with Crippen LogP contribution in [0.3, 0.4) is 0 Å².